The first kappa shape index (κ1) is 28.6. The highest BCUT2D eigenvalue weighted by Gasteiger charge is 2.76. The van der Waals surface area contributed by atoms with Gasteiger partial charge in [0, 0.05) is 22.5 Å². The Bertz CT molecular complexity index is 1620. The van der Waals surface area contributed by atoms with Gasteiger partial charge in [0.05, 0.1) is 11.5 Å². The average Bonchev–Trinajstić information content (AvgIpc) is 2.85. The zero-order valence-electron chi connectivity index (χ0n) is 24.1. The Balaban J connectivity index is 1.70. The molecule has 7 nitrogen and oxygen atoms in total. The summed E-state index contributed by atoms with van der Waals surface area (Å²) in [6.45, 7) is 9.90. The van der Waals surface area contributed by atoms with E-state index in [1.165, 1.54) is 6.07 Å². The van der Waals surface area contributed by atoms with Crippen molar-refractivity contribution in [2.24, 2.45) is 34.5 Å². The van der Waals surface area contributed by atoms with Crippen LogP contribution in [0.3, 0.4) is 0 Å². The van der Waals surface area contributed by atoms with Gasteiger partial charge in [0.25, 0.3) is 0 Å². The molecule has 212 valence electrons. The van der Waals surface area contributed by atoms with E-state index in [2.05, 4.69) is 11.8 Å². The molecule has 0 spiro atoms. The van der Waals surface area contributed by atoms with Gasteiger partial charge in [-0.05, 0) is 73.4 Å². The van der Waals surface area contributed by atoms with Gasteiger partial charge in [0.15, 0.2) is 28.7 Å². The molecular formula is C34H34O7. The van der Waals surface area contributed by atoms with Crippen molar-refractivity contribution in [3.63, 3.8) is 0 Å². The second-order valence-corrected chi connectivity index (χ2v) is 12.9. The summed E-state index contributed by atoms with van der Waals surface area (Å²) in [4.78, 5) is 68.2. The average molecular weight is 555 g/mol. The minimum absolute atomic E-state index is 0.00342. The molecule has 41 heavy (non-hydrogen) atoms. The molecule has 2 aromatic carbocycles. The van der Waals surface area contributed by atoms with E-state index in [9.17, 15) is 34.2 Å². The van der Waals surface area contributed by atoms with Gasteiger partial charge in [-0.2, -0.15) is 0 Å². The first-order valence-corrected chi connectivity index (χ1v) is 13.9. The van der Waals surface area contributed by atoms with Crippen LogP contribution in [-0.4, -0.2) is 44.7 Å². The standard InChI is InChI=1S/C34H34O7/c1-17(2)26-28(37)24(19(4)35)30(39)34(41)31(40)27-29(38)25-22(15-32(27,5)16-33(26,34)6)21(12-13-23(25)36)11-10-20-9-7-8-18(3)14-20/h7-9,12-14,17,24,26-27,36,41H,15-16H2,1-6H3/t24?,26?,27?,32-,33-,34+/m1/s1. The number of benzene rings is 2. The second-order valence-electron chi connectivity index (χ2n) is 12.9. The third-order valence-corrected chi connectivity index (χ3v) is 9.62. The molecular weight excluding hydrogens is 520 g/mol. The number of carbonyl (C=O) groups excluding carboxylic acids is 5. The van der Waals surface area contributed by atoms with E-state index in [0.29, 0.717) is 11.1 Å². The van der Waals surface area contributed by atoms with Crippen molar-refractivity contribution in [2.75, 3.05) is 0 Å². The minimum atomic E-state index is -2.71. The summed E-state index contributed by atoms with van der Waals surface area (Å²) in [5.41, 5.74) is -2.56. The smallest absolute Gasteiger partial charge is 0.190 e. The van der Waals surface area contributed by atoms with Crippen LogP contribution in [0.1, 0.15) is 73.7 Å². The number of hydrogen-bond donors (Lipinski definition) is 2. The Morgan fingerprint density at radius 1 is 1.02 bits per heavy atom. The van der Waals surface area contributed by atoms with Gasteiger partial charge < -0.3 is 10.2 Å². The quantitative estimate of drug-likeness (QED) is 0.427. The normalized spacial score (nSPS) is 32.5. The predicted octanol–water partition coefficient (Wildman–Crippen LogP) is 3.80. The summed E-state index contributed by atoms with van der Waals surface area (Å²) < 4.78 is 0. The summed E-state index contributed by atoms with van der Waals surface area (Å²) in [5.74, 6) is -2.83. The van der Waals surface area contributed by atoms with Gasteiger partial charge in [0.2, 0.25) is 0 Å². The number of rotatable bonds is 2. The summed E-state index contributed by atoms with van der Waals surface area (Å²) in [5, 5.41) is 22.9. The van der Waals surface area contributed by atoms with Gasteiger partial charge in [-0.3, -0.25) is 24.0 Å². The number of aromatic hydroxyl groups is 1. The van der Waals surface area contributed by atoms with Gasteiger partial charge in [-0.25, -0.2) is 0 Å². The lowest BCUT2D eigenvalue weighted by atomic mass is 9.40. The maximum Gasteiger partial charge on any atom is 0.190 e. The molecule has 3 unspecified atom stereocenters. The zero-order chi connectivity index (χ0) is 30.2. The van der Waals surface area contributed by atoms with Crippen LogP contribution < -0.4 is 0 Å². The lowest BCUT2D eigenvalue weighted by Gasteiger charge is -2.61. The Morgan fingerprint density at radius 3 is 2.32 bits per heavy atom. The summed E-state index contributed by atoms with van der Waals surface area (Å²) in [6.07, 6.45) is 0.162. The molecule has 7 heteroatoms. The fourth-order valence-corrected chi connectivity index (χ4v) is 8.12. The number of phenolic OH excluding ortho intramolecular Hbond substituents is 1. The SMILES string of the molecule is CC(=O)C1C(=O)C(C(C)C)[C@@]2(C)C[C@@]3(C)Cc4c(C#Cc5cccc(C)c5)ccc(O)c4C(=O)C3C(=O)[C@@]2(O)C1=O. The second kappa shape index (κ2) is 9.32. The lowest BCUT2D eigenvalue weighted by molar-refractivity contribution is -0.205. The van der Waals surface area contributed by atoms with Crippen molar-refractivity contribution in [2.45, 2.75) is 60.0 Å². The minimum Gasteiger partial charge on any atom is -0.507 e. The highest BCUT2D eigenvalue weighted by molar-refractivity contribution is 6.32. The van der Waals surface area contributed by atoms with E-state index in [0.717, 1.165) is 18.1 Å². The molecule has 3 aliphatic rings. The van der Waals surface area contributed by atoms with E-state index in [4.69, 9.17) is 0 Å². The van der Waals surface area contributed by atoms with Crippen LogP contribution in [-0.2, 0) is 25.6 Å². The van der Waals surface area contributed by atoms with Crippen LogP contribution >= 0.6 is 0 Å². The maximum absolute atomic E-state index is 14.3. The van der Waals surface area contributed by atoms with Crippen LogP contribution in [0.25, 0.3) is 0 Å². The van der Waals surface area contributed by atoms with E-state index in [1.54, 1.807) is 33.8 Å². The number of phenols is 1. The number of ketones is 5. The van der Waals surface area contributed by atoms with E-state index in [-0.39, 0.29) is 24.2 Å². The van der Waals surface area contributed by atoms with Gasteiger partial charge in [-0.15, -0.1) is 0 Å². The molecule has 0 amide bonds. The Hall–Kier alpha value is -3.89. The van der Waals surface area contributed by atoms with Gasteiger partial charge >= 0.3 is 0 Å². The topological polar surface area (TPSA) is 126 Å². The highest BCUT2D eigenvalue weighted by atomic mass is 16.3. The molecule has 0 saturated heterocycles. The van der Waals surface area contributed by atoms with Crippen LogP contribution in [0.15, 0.2) is 36.4 Å². The number of aryl methyl sites for hydroxylation is 1. The number of hydrogen-bond acceptors (Lipinski definition) is 7. The van der Waals surface area contributed by atoms with Crippen molar-refractivity contribution in [1.82, 2.24) is 0 Å². The van der Waals surface area contributed by atoms with Crippen molar-refractivity contribution < 1.29 is 34.2 Å². The lowest BCUT2D eigenvalue weighted by Crippen LogP contribution is -2.76. The van der Waals surface area contributed by atoms with Crippen molar-refractivity contribution in [3.05, 3.63) is 64.2 Å². The maximum atomic E-state index is 14.3. The van der Waals surface area contributed by atoms with Crippen molar-refractivity contribution in [3.8, 4) is 17.6 Å². The van der Waals surface area contributed by atoms with E-state index < -0.39 is 69.0 Å². The summed E-state index contributed by atoms with van der Waals surface area (Å²) >= 11 is 0. The molecule has 2 N–H and O–H groups in total. The molecule has 2 fully saturated rings. The molecule has 0 aliphatic heterocycles. The molecule has 0 heterocycles. The van der Waals surface area contributed by atoms with Crippen molar-refractivity contribution >= 4 is 28.9 Å². The first-order valence-electron chi connectivity index (χ1n) is 13.9. The third-order valence-electron chi connectivity index (χ3n) is 9.62. The van der Waals surface area contributed by atoms with Gasteiger partial charge in [-0.1, -0.05) is 51.7 Å². The van der Waals surface area contributed by atoms with Gasteiger partial charge in [0.1, 0.15) is 17.5 Å². The third kappa shape index (κ3) is 3.88. The van der Waals surface area contributed by atoms with Crippen LogP contribution in [0.5, 0.6) is 5.75 Å². The number of carbonyl (C=O) groups is 5. The fraction of sp³-hybridized carbons (Fsp3) is 0.441. The van der Waals surface area contributed by atoms with E-state index in [1.807, 2.05) is 31.2 Å². The number of aliphatic hydroxyl groups is 1. The number of fused-ring (bicyclic) bond motifs is 3. The van der Waals surface area contributed by atoms with E-state index >= 15 is 0 Å². The monoisotopic (exact) mass is 554 g/mol. The predicted molar refractivity (Wildman–Crippen MR) is 150 cm³/mol. The molecule has 2 aromatic rings. The van der Waals surface area contributed by atoms with Crippen LogP contribution in [0.4, 0.5) is 0 Å². The molecule has 0 bridgehead atoms. The Morgan fingerprint density at radius 2 is 1.71 bits per heavy atom. The zero-order valence-corrected chi connectivity index (χ0v) is 24.1. The Labute approximate surface area is 239 Å². The van der Waals surface area contributed by atoms with Crippen LogP contribution in [0.2, 0.25) is 0 Å². The highest BCUT2D eigenvalue weighted by Crippen LogP contribution is 2.63. The fourth-order valence-electron chi connectivity index (χ4n) is 8.12. The summed E-state index contributed by atoms with van der Waals surface area (Å²) in [6, 6.07) is 10.6. The summed E-state index contributed by atoms with van der Waals surface area (Å²) in [7, 11) is 0. The molecule has 6 atom stereocenters. The first-order chi connectivity index (χ1) is 19.1. The van der Waals surface area contributed by atoms with Crippen molar-refractivity contribution in [1.29, 1.82) is 0 Å². The molecule has 0 radical (unpaired) electrons. The molecule has 3 aliphatic carbocycles. The number of Topliss-reactive ketones (excluding diaryl/α,β-unsaturated/α-hetero) is 5. The Kier molecular flexibility index (Phi) is 6.51. The van der Waals surface area contributed by atoms with Crippen LogP contribution in [0, 0.1) is 53.3 Å². The molecule has 2 saturated carbocycles. The molecule has 5 rings (SSSR count). The largest absolute Gasteiger partial charge is 0.507 e. The molecule has 0 aromatic heterocycles.